The van der Waals surface area contributed by atoms with Gasteiger partial charge in [-0.05, 0) is 112 Å². The number of nitrogens with zero attached hydrogens (tertiary/aromatic N) is 3. The Kier molecular flexibility index (Phi) is 12.1. The molecule has 0 amide bonds. The standard InChI is InChI=1S/C68H53N3/c1-5-6-7-20-29-58-46-63(70-67(69-58)53-32-30-50(31-33-53)47-21-12-8-13-22-47)56-44-59(51-27-18-11-19-28-51)66(60(45-56)52-34-38-57(39-35-52)68(2,3)4)71-64-40-36-54(48-23-14-9-15-24-48)42-61(64)62-43-55(37-41-65(62)71)49-25-16-10-17-26-49/h5-34,36,38,40,42-46H,1,37,41H2,2-4H3/b7-6-,29-20+. The SMILES string of the molecule is C=C/C=C\C=C\c1cc(-c2cc(-c3c#cc(C(C)(C)C)cc3)c(-n3c4c(c5cc(-c6ccccc6)ccc53)C=C(c3ccccc3)CC4)c(-c3ccccc3)c2)nc(-c2ccc(-c3ccccc3)cc2)n1. The summed E-state index contributed by atoms with van der Waals surface area (Å²) in [6, 6.07) is 76.9. The average molecular weight is 912 g/mol. The molecule has 0 aliphatic heterocycles. The molecule has 3 heteroatoms. The smallest absolute Gasteiger partial charge is 0.160 e. The Hall–Kier alpha value is -8.84. The Morgan fingerprint density at radius 1 is 0.521 bits per heavy atom. The molecule has 11 rings (SSSR count). The van der Waals surface area contributed by atoms with Crippen molar-refractivity contribution in [3.63, 3.8) is 0 Å². The molecule has 1 aliphatic carbocycles. The van der Waals surface area contributed by atoms with Crippen molar-refractivity contribution in [3.8, 4) is 72.8 Å². The van der Waals surface area contributed by atoms with Crippen LogP contribution >= 0.6 is 0 Å². The molecule has 2 aromatic heterocycles. The van der Waals surface area contributed by atoms with Gasteiger partial charge < -0.3 is 4.57 Å². The van der Waals surface area contributed by atoms with E-state index in [2.05, 4.69) is 238 Å². The quantitative estimate of drug-likeness (QED) is 0.121. The van der Waals surface area contributed by atoms with Crippen LogP contribution in [-0.2, 0) is 11.8 Å². The van der Waals surface area contributed by atoms with Crippen molar-refractivity contribution >= 4 is 28.6 Å². The predicted molar refractivity (Wildman–Crippen MR) is 299 cm³/mol. The maximum absolute atomic E-state index is 5.41. The van der Waals surface area contributed by atoms with Crippen LogP contribution < -0.4 is 0 Å². The molecule has 0 N–H and O–H groups in total. The van der Waals surface area contributed by atoms with E-state index in [0.717, 1.165) is 85.5 Å². The third-order valence-electron chi connectivity index (χ3n) is 13.5. The molecule has 0 fully saturated rings. The van der Waals surface area contributed by atoms with Gasteiger partial charge in [0.15, 0.2) is 5.82 Å². The van der Waals surface area contributed by atoms with Crippen LogP contribution in [0.4, 0.5) is 0 Å². The van der Waals surface area contributed by atoms with Crippen LogP contribution in [0.2, 0.25) is 0 Å². The Balaban J connectivity index is 1.19. The van der Waals surface area contributed by atoms with Crippen molar-refractivity contribution in [3.05, 3.63) is 265 Å². The Bertz CT molecular complexity index is 3630. The lowest BCUT2D eigenvalue weighted by molar-refractivity contribution is 0.590. The molecule has 340 valence electrons. The van der Waals surface area contributed by atoms with Gasteiger partial charge in [0.25, 0.3) is 0 Å². The number of aromatic nitrogens is 3. The van der Waals surface area contributed by atoms with Gasteiger partial charge in [0.2, 0.25) is 0 Å². The highest BCUT2D eigenvalue weighted by Crippen LogP contribution is 2.46. The molecule has 0 saturated heterocycles. The van der Waals surface area contributed by atoms with Crippen LogP contribution in [0.15, 0.2) is 225 Å². The van der Waals surface area contributed by atoms with Gasteiger partial charge in [-0.15, -0.1) is 0 Å². The van der Waals surface area contributed by atoms with E-state index in [1.807, 2.05) is 30.4 Å². The molecule has 71 heavy (non-hydrogen) atoms. The van der Waals surface area contributed by atoms with Crippen molar-refractivity contribution in [2.24, 2.45) is 0 Å². The van der Waals surface area contributed by atoms with Crippen LogP contribution in [0.25, 0.3) is 101 Å². The zero-order valence-electron chi connectivity index (χ0n) is 40.4. The summed E-state index contributed by atoms with van der Waals surface area (Å²) >= 11 is 0. The largest absolute Gasteiger partial charge is 0.312 e. The molecule has 0 radical (unpaired) electrons. The highest BCUT2D eigenvalue weighted by molar-refractivity contribution is 6.03. The summed E-state index contributed by atoms with van der Waals surface area (Å²) in [5.74, 6) is 0.650. The van der Waals surface area contributed by atoms with E-state index < -0.39 is 0 Å². The van der Waals surface area contributed by atoms with Crippen molar-refractivity contribution in [2.75, 3.05) is 0 Å². The van der Waals surface area contributed by atoms with E-state index in [9.17, 15) is 0 Å². The second kappa shape index (κ2) is 19.3. The molecule has 0 saturated carbocycles. The fourth-order valence-corrected chi connectivity index (χ4v) is 9.83. The maximum Gasteiger partial charge on any atom is 0.160 e. The second-order valence-corrected chi connectivity index (χ2v) is 19.2. The summed E-state index contributed by atoms with van der Waals surface area (Å²) in [5, 5.41) is 1.22. The van der Waals surface area contributed by atoms with Gasteiger partial charge in [-0.2, -0.15) is 0 Å². The van der Waals surface area contributed by atoms with Gasteiger partial charge in [-0.3, -0.25) is 0 Å². The number of hydrogen-bond donors (Lipinski definition) is 0. The first-order chi connectivity index (χ1) is 34.8. The van der Waals surface area contributed by atoms with Gasteiger partial charge in [0.1, 0.15) is 0 Å². The molecule has 1 aliphatic rings. The van der Waals surface area contributed by atoms with Crippen molar-refractivity contribution in [2.45, 2.75) is 39.0 Å². The third-order valence-corrected chi connectivity index (χ3v) is 13.5. The first kappa shape index (κ1) is 44.7. The Morgan fingerprint density at radius 3 is 1.77 bits per heavy atom. The minimum Gasteiger partial charge on any atom is -0.312 e. The predicted octanol–water partition coefficient (Wildman–Crippen LogP) is 17.6. The zero-order chi connectivity index (χ0) is 48.3. The van der Waals surface area contributed by atoms with Crippen LogP contribution in [0.5, 0.6) is 0 Å². The molecular formula is C68H53N3. The molecule has 10 aromatic rings. The fourth-order valence-electron chi connectivity index (χ4n) is 9.83. The lowest BCUT2D eigenvalue weighted by atomic mass is 9.86. The van der Waals surface area contributed by atoms with E-state index in [0.29, 0.717) is 5.82 Å². The van der Waals surface area contributed by atoms with Crippen LogP contribution in [0.1, 0.15) is 55.3 Å². The molecule has 0 spiro atoms. The number of benzene rings is 7. The van der Waals surface area contributed by atoms with Gasteiger partial charge in [0, 0.05) is 50.0 Å². The average Bonchev–Trinajstić information content (AvgIpc) is 3.75. The summed E-state index contributed by atoms with van der Waals surface area (Å²) < 4.78 is 2.56. The van der Waals surface area contributed by atoms with E-state index in [4.69, 9.17) is 9.97 Å². The van der Waals surface area contributed by atoms with E-state index in [1.54, 1.807) is 6.08 Å². The Morgan fingerprint density at radius 2 is 1.13 bits per heavy atom. The van der Waals surface area contributed by atoms with Gasteiger partial charge in [0.05, 0.1) is 22.6 Å². The summed E-state index contributed by atoms with van der Waals surface area (Å²) in [5.41, 5.74) is 20.8. The molecule has 8 aromatic carbocycles. The second-order valence-electron chi connectivity index (χ2n) is 19.2. The lowest BCUT2D eigenvalue weighted by Crippen LogP contribution is -2.10. The number of fused-ring (bicyclic) bond motifs is 3. The minimum absolute atomic E-state index is 0.0920. The summed E-state index contributed by atoms with van der Waals surface area (Å²) in [6.45, 7) is 10.6. The number of allylic oxidation sites excluding steroid dienone is 5. The van der Waals surface area contributed by atoms with Crippen LogP contribution in [0, 0.1) is 12.1 Å². The topological polar surface area (TPSA) is 30.7 Å². The van der Waals surface area contributed by atoms with E-state index in [1.165, 1.54) is 38.9 Å². The molecule has 0 atom stereocenters. The number of rotatable bonds is 11. The van der Waals surface area contributed by atoms with E-state index >= 15 is 0 Å². The van der Waals surface area contributed by atoms with Crippen LogP contribution in [-0.4, -0.2) is 14.5 Å². The third kappa shape index (κ3) is 9.13. The lowest BCUT2D eigenvalue weighted by Gasteiger charge is -2.23. The first-order valence-electron chi connectivity index (χ1n) is 24.5. The van der Waals surface area contributed by atoms with E-state index in [-0.39, 0.29) is 5.41 Å². The van der Waals surface area contributed by atoms with Gasteiger partial charge in [-0.1, -0.05) is 215 Å². The normalized spacial score (nSPS) is 12.5. The first-order valence-corrected chi connectivity index (χ1v) is 24.5. The van der Waals surface area contributed by atoms with Crippen molar-refractivity contribution < 1.29 is 0 Å². The summed E-state index contributed by atoms with van der Waals surface area (Å²) in [4.78, 5) is 10.6. The molecule has 2 heterocycles. The minimum atomic E-state index is -0.0920. The summed E-state index contributed by atoms with van der Waals surface area (Å²) in [7, 11) is 0. The fraction of sp³-hybridized carbons (Fsp3) is 0.0882. The zero-order valence-corrected chi connectivity index (χ0v) is 40.4. The Labute approximate surface area is 418 Å². The highest BCUT2D eigenvalue weighted by Gasteiger charge is 2.27. The van der Waals surface area contributed by atoms with Gasteiger partial charge >= 0.3 is 0 Å². The molecular weight excluding hydrogens is 859 g/mol. The van der Waals surface area contributed by atoms with Crippen molar-refractivity contribution in [1.29, 1.82) is 0 Å². The van der Waals surface area contributed by atoms with Gasteiger partial charge in [-0.25, -0.2) is 9.97 Å². The summed E-state index contributed by atoms with van der Waals surface area (Å²) in [6.07, 6.45) is 13.9. The molecule has 0 unspecified atom stereocenters. The molecule has 3 nitrogen and oxygen atoms in total. The molecule has 0 bridgehead atoms. The van der Waals surface area contributed by atoms with Crippen LogP contribution in [0.3, 0.4) is 0 Å². The maximum atomic E-state index is 5.41. The number of hydrogen-bond acceptors (Lipinski definition) is 2. The van der Waals surface area contributed by atoms with Crippen molar-refractivity contribution in [1.82, 2.24) is 14.5 Å². The monoisotopic (exact) mass is 911 g/mol. The highest BCUT2D eigenvalue weighted by atomic mass is 15.0.